The molecule has 4 heteroatoms. The molecule has 0 aliphatic rings. The molecule has 0 saturated carbocycles. The fourth-order valence-corrected chi connectivity index (χ4v) is 0.0478. The van der Waals surface area contributed by atoms with Gasteiger partial charge in [-0.05, 0) is 0 Å². The smallest absolute Gasteiger partial charge is 0.225 e. The van der Waals surface area contributed by atoms with Gasteiger partial charge in [0.2, 0.25) is 5.97 Å². The first-order chi connectivity index (χ1) is 3.18. The van der Waals surface area contributed by atoms with Gasteiger partial charge in [0, 0.05) is 32.7 Å². The maximum absolute atomic E-state index is 9.55. The molecule has 0 aromatic rings. The SMILES string of the molecule is [CH-]=C(C#N)C(=O)O.[CH3-].[Y]. The molecule has 47 valence electrons. The first-order valence-electron chi connectivity index (χ1n) is 1.44. The molecule has 0 heterocycles. The van der Waals surface area contributed by atoms with E-state index in [-0.39, 0.29) is 40.1 Å². The van der Waals surface area contributed by atoms with Crippen LogP contribution in [0.4, 0.5) is 0 Å². The van der Waals surface area contributed by atoms with Crippen molar-refractivity contribution in [2.45, 2.75) is 0 Å². The first kappa shape index (κ1) is 15.9. The second-order valence-corrected chi connectivity index (χ2v) is 0.831. The largest absolute Gasteiger partial charge is 0.535 e. The van der Waals surface area contributed by atoms with Crippen molar-refractivity contribution >= 4 is 5.97 Å². The number of carbonyl (C=O) groups is 1. The van der Waals surface area contributed by atoms with Gasteiger partial charge >= 0.3 is 0 Å². The van der Waals surface area contributed by atoms with Crippen LogP contribution in [0.2, 0.25) is 0 Å². The van der Waals surface area contributed by atoms with E-state index in [2.05, 4.69) is 6.58 Å². The van der Waals surface area contributed by atoms with Crippen LogP contribution in [0.5, 0.6) is 0 Å². The van der Waals surface area contributed by atoms with Crippen LogP contribution in [-0.4, -0.2) is 11.1 Å². The van der Waals surface area contributed by atoms with Gasteiger partial charge in [0.25, 0.3) is 0 Å². The maximum atomic E-state index is 9.55. The Kier molecular flexibility index (Phi) is 13.8. The molecule has 0 amide bonds. The molecule has 1 N–H and O–H groups in total. The van der Waals surface area contributed by atoms with Crippen LogP contribution in [0, 0.1) is 25.3 Å². The number of aliphatic carboxylic acids is 1. The first-order valence-corrected chi connectivity index (χ1v) is 1.44. The van der Waals surface area contributed by atoms with Crippen molar-refractivity contribution in [3.05, 3.63) is 19.6 Å². The fourth-order valence-electron chi connectivity index (χ4n) is 0.0478. The second kappa shape index (κ2) is 7.80. The van der Waals surface area contributed by atoms with Crippen molar-refractivity contribution < 1.29 is 42.6 Å². The Balaban J connectivity index is -0.000000180. The fraction of sp³-hybridized carbons (Fsp3) is 0. The Morgan fingerprint density at radius 3 is 2.00 bits per heavy atom. The Labute approximate surface area is 79.2 Å². The second-order valence-electron chi connectivity index (χ2n) is 0.831. The van der Waals surface area contributed by atoms with Gasteiger partial charge in [-0.25, -0.2) is 6.58 Å². The average Bonchev–Trinajstić information content (AvgIpc) is 1.65. The van der Waals surface area contributed by atoms with Crippen molar-refractivity contribution in [3.63, 3.8) is 0 Å². The zero-order valence-electron chi connectivity index (χ0n) is 4.96. The number of nitrogens with zero attached hydrogens (tertiary/aromatic N) is 1. The summed E-state index contributed by atoms with van der Waals surface area (Å²) in [5.41, 5.74) is -0.681. The molecule has 0 aliphatic carbocycles. The van der Waals surface area contributed by atoms with Gasteiger partial charge in [-0.2, -0.15) is 0 Å². The molecule has 9 heavy (non-hydrogen) atoms. The number of carboxylic acid groups (broad SMARTS) is 1. The Hall–Kier alpha value is -0.196. The standard InChI is InChI=1S/C4H2NO2.CH3.Y/c1-3(2-5)4(6)7;;/h1H,(H,6,7);1H3;/q2*-1;. The Morgan fingerprint density at radius 1 is 1.67 bits per heavy atom. The third-order valence-corrected chi connectivity index (χ3v) is 0.351. The summed E-state index contributed by atoms with van der Waals surface area (Å²) >= 11 is 0. The van der Waals surface area contributed by atoms with Crippen molar-refractivity contribution in [2.75, 3.05) is 0 Å². The third-order valence-electron chi connectivity index (χ3n) is 0.351. The van der Waals surface area contributed by atoms with E-state index in [9.17, 15) is 4.79 Å². The molecule has 0 rings (SSSR count). The van der Waals surface area contributed by atoms with Crippen LogP contribution in [0.15, 0.2) is 5.57 Å². The monoisotopic (exact) mass is 200 g/mol. The van der Waals surface area contributed by atoms with Crippen molar-refractivity contribution in [2.24, 2.45) is 0 Å². The van der Waals surface area contributed by atoms with E-state index in [1.165, 1.54) is 6.07 Å². The normalized spacial score (nSPS) is 5.22. The van der Waals surface area contributed by atoms with Crippen LogP contribution in [-0.2, 0) is 37.5 Å². The van der Waals surface area contributed by atoms with Gasteiger partial charge in [-0.3, -0.25) is 5.26 Å². The number of carboxylic acids is 1. The molecule has 0 saturated heterocycles. The predicted molar refractivity (Wildman–Crippen MR) is 27.5 cm³/mol. The summed E-state index contributed by atoms with van der Waals surface area (Å²) in [7, 11) is 0. The molecule has 0 fully saturated rings. The number of hydrogen-bond acceptors (Lipinski definition) is 2. The molecule has 0 spiro atoms. The van der Waals surface area contributed by atoms with Gasteiger partial charge in [-0.1, -0.05) is 11.6 Å². The minimum absolute atomic E-state index is 0. The van der Waals surface area contributed by atoms with Crippen LogP contribution in [0.25, 0.3) is 0 Å². The van der Waals surface area contributed by atoms with Crippen molar-refractivity contribution in [1.82, 2.24) is 0 Å². The molecular formula is C5H5NO2Y-2. The van der Waals surface area contributed by atoms with Crippen LogP contribution in [0.3, 0.4) is 0 Å². The van der Waals surface area contributed by atoms with Crippen molar-refractivity contribution in [1.29, 1.82) is 5.26 Å². The minimum atomic E-state index is -1.37. The van der Waals surface area contributed by atoms with Crippen LogP contribution >= 0.6 is 0 Å². The van der Waals surface area contributed by atoms with E-state index >= 15 is 0 Å². The predicted octanol–water partition coefficient (Wildman–Crippen LogP) is 0.402. The molecule has 1 radical (unpaired) electrons. The zero-order chi connectivity index (χ0) is 5.86. The van der Waals surface area contributed by atoms with E-state index in [1.807, 2.05) is 0 Å². The molecule has 0 aromatic heterocycles. The van der Waals surface area contributed by atoms with E-state index < -0.39 is 11.5 Å². The summed E-state index contributed by atoms with van der Waals surface area (Å²) in [4.78, 5) is 9.55. The quantitative estimate of drug-likeness (QED) is 0.378. The summed E-state index contributed by atoms with van der Waals surface area (Å²) in [5, 5.41) is 15.5. The number of nitriles is 1. The molecular weight excluding hydrogens is 195 g/mol. The molecule has 0 aromatic carbocycles. The molecule has 0 atom stereocenters. The van der Waals surface area contributed by atoms with E-state index in [4.69, 9.17) is 10.4 Å². The molecule has 0 bridgehead atoms. The van der Waals surface area contributed by atoms with Gasteiger partial charge in [0.15, 0.2) is 0 Å². The van der Waals surface area contributed by atoms with E-state index in [1.54, 1.807) is 0 Å². The summed E-state index contributed by atoms with van der Waals surface area (Å²) in [6.45, 7) is 4.57. The minimum Gasteiger partial charge on any atom is -0.535 e. The zero-order valence-corrected chi connectivity index (χ0v) is 7.80. The van der Waals surface area contributed by atoms with Crippen molar-refractivity contribution in [3.8, 4) is 6.07 Å². The maximum Gasteiger partial charge on any atom is 0.225 e. The topological polar surface area (TPSA) is 61.1 Å². The molecule has 0 unspecified atom stereocenters. The average molecular weight is 200 g/mol. The third kappa shape index (κ3) is 7.80. The summed E-state index contributed by atoms with van der Waals surface area (Å²) in [6.07, 6.45) is 0. The van der Waals surface area contributed by atoms with Gasteiger partial charge < -0.3 is 17.3 Å². The van der Waals surface area contributed by atoms with Gasteiger partial charge in [0.1, 0.15) is 0 Å². The Bertz CT molecular complexity index is 148. The summed E-state index contributed by atoms with van der Waals surface area (Å²) in [5.74, 6) is -1.37. The van der Waals surface area contributed by atoms with E-state index in [0.29, 0.717) is 0 Å². The number of rotatable bonds is 1. The van der Waals surface area contributed by atoms with E-state index in [0.717, 1.165) is 0 Å². The molecule has 3 nitrogen and oxygen atoms in total. The van der Waals surface area contributed by atoms with Crippen LogP contribution in [0.1, 0.15) is 0 Å². The van der Waals surface area contributed by atoms with Gasteiger partial charge in [-0.15, -0.1) is 0 Å². The number of hydrogen-bond donors (Lipinski definition) is 1. The van der Waals surface area contributed by atoms with Gasteiger partial charge in [0.05, 0.1) is 0 Å². The van der Waals surface area contributed by atoms with Crippen LogP contribution < -0.4 is 0 Å². The summed E-state index contributed by atoms with van der Waals surface area (Å²) < 4.78 is 0. The molecule has 0 aliphatic heterocycles. The Morgan fingerprint density at radius 2 is 2.00 bits per heavy atom. The summed E-state index contributed by atoms with van der Waals surface area (Å²) in [6, 6.07) is 1.26.